The molecule has 1 aromatic heterocycles. The molecular weight excluding hydrogens is 240 g/mol. The van der Waals surface area contributed by atoms with Gasteiger partial charge in [-0.25, -0.2) is 4.98 Å². The van der Waals surface area contributed by atoms with Gasteiger partial charge in [-0.2, -0.15) is 0 Å². The van der Waals surface area contributed by atoms with E-state index in [9.17, 15) is 12.9 Å². The first-order chi connectivity index (χ1) is 5.97. The van der Waals surface area contributed by atoms with Crippen LogP contribution in [0.15, 0.2) is 24.3 Å². The normalized spacial score (nSPS) is 11.4. The van der Waals surface area contributed by atoms with Gasteiger partial charge in [-0.3, -0.25) is 0 Å². The van der Waals surface area contributed by atoms with Crippen molar-refractivity contribution in [2.45, 2.75) is 0 Å². The van der Waals surface area contributed by atoms with E-state index in [4.69, 9.17) is 11.6 Å². The summed E-state index contributed by atoms with van der Waals surface area (Å²) in [5, 5.41) is 0.259. The second kappa shape index (κ2) is 6.30. The van der Waals surface area contributed by atoms with Gasteiger partial charge in [0, 0.05) is 6.20 Å². The van der Waals surface area contributed by atoms with Crippen molar-refractivity contribution in [1.82, 2.24) is 4.98 Å². The Hall–Kier alpha value is 0.671. The van der Waals surface area contributed by atoms with Crippen molar-refractivity contribution in [3.8, 4) is 0 Å². The van der Waals surface area contributed by atoms with Crippen LogP contribution >= 0.6 is 11.6 Å². The minimum atomic E-state index is -4.88. The zero-order valence-corrected chi connectivity index (χ0v) is 11.3. The van der Waals surface area contributed by atoms with E-state index in [1.54, 1.807) is 0 Å². The maximum atomic E-state index is 11.7. The molecule has 0 aliphatic carbocycles. The number of halogens is 4. The Bertz CT molecular complexity index is 312. The summed E-state index contributed by atoms with van der Waals surface area (Å²) in [6.07, 6.45) is 2.24. The summed E-state index contributed by atoms with van der Waals surface area (Å²) in [6.45, 7) is -4.88. The first-order valence-corrected chi connectivity index (χ1v) is 3.86. The van der Waals surface area contributed by atoms with Crippen molar-refractivity contribution >= 4 is 24.7 Å². The van der Waals surface area contributed by atoms with Gasteiger partial charge in [-0.15, -0.1) is 5.98 Å². The Morgan fingerprint density at radius 1 is 1.29 bits per heavy atom. The molecule has 0 saturated carbocycles. The zero-order chi connectivity index (χ0) is 9.90. The average molecular weight is 245 g/mol. The number of aromatic nitrogens is 1. The van der Waals surface area contributed by atoms with Crippen molar-refractivity contribution in [3.63, 3.8) is 0 Å². The molecule has 0 unspecified atom stereocenters. The van der Waals surface area contributed by atoms with Crippen LogP contribution in [0, 0.1) is 0 Å². The van der Waals surface area contributed by atoms with Gasteiger partial charge in [0.1, 0.15) is 5.15 Å². The maximum Gasteiger partial charge on any atom is 1.00 e. The molecule has 0 aromatic carbocycles. The summed E-state index contributed by atoms with van der Waals surface area (Å²) < 4.78 is 35.2. The van der Waals surface area contributed by atoms with Crippen LogP contribution in [-0.4, -0.2) is 12.0 Å². The molecule has 0 bridgehead atoms. The Balaban J connectivity index is 0.00000169. The van der Waals surface area contributed by atoms with Crippen LogP contribution in [0.5, 0.6) is 0 Å². The van der Waals surface area contributed by atoms with Crippen molar-refractivity contribution in [1.29, 1.82) is 0 Å². The third-order valence-electron chi connectivity index (χ3n) is 1.26. The van der Waals surface area contributed by atoms with Gasteiger partial charge in [0.15, 0.2) is 0 Å². The monoisotopic (exact) mass is 245 g/mol. The van der Waals surface area contributed by atoms with E-state index in [-0.39, 0.29) is 62.5 Å². The fourth-order valence-electron chi connectivity index (χ4n) is 0.706. The number of rotatable bonds is 2. The summed E-state index contributed by atoms with van der Waals surface area (Å²) in [4.78, 5) is 3.63. The molecule has 0 aliphatic rings. The van der Waals surface area contributed by atoms with Crippen molar-refractivity contribution < 1.29 is 64.3 Å². The Labute approximate surface area is 127 Å². The SMILES string of the molecule is F[B-](F)(F)/C=C/c1ccc(Cl)nc1.[K+]. The molecule has 1 nitrogen and oxygen atoms in total. The van der Waals surface area contributed by atoms with Crippen LogP contribution in [0.4, 0.5) is 12.9 Å². The molecule has 70 valence electrons. The Kier molecular flexibility index (Phi) is 6.60. The minimum absolute atomic E-state index is 0. The second-order valence-corrected chi connectivity index (χ2v) is 2.79. The number of nitrogens with zero attached hydrogens (tertiary/aromatic N) is 1. The van der Waals surface area contributed by atoms with E-state index in [2.05, 4.69) is 4.98 Å². The van der Waals surface area contributed by atoms with Crippen LogP contribution in [0.25, 0.3) is 6.08 Å². The molecule has 0 fully saturated rings. The summed E-state index contributed by atoms with van der Waals surface area (Å²) in [7, 11) is 0. The summed E-state index contributed by atoms with van der Waals surface area (Å²) in [6, 6.07) is 2.90. The molecule has 0 saturated heterocycles. The number of hydrogen-bond donors (Lipinski definition) is 0. The fraction of sp³-hybridized carbons (Fsp3) is 0. The Morgan fingerprint density at radius 2 is 1.93 bits per heavy atom. The Morgan fingerprint density at radius 3 is 2.36 bits per heavy atom. The van der Waals surface area contributed by atoms with Gasteiger partial charge in [0.05, 0.1) is 0 Å². The van der Waals surface area contributed by atoms with Crippen LogP contribution in [0.3, 0.4) is 0 Å². The molecule has 0 aliphatic heterocycles. The van der Waals surface area contributed by atoms with Crippen molar-refractivity contribution in [3.05, 3.63) is 35.0 Å². The largest absolute Gasteiger partial charge is 1.00 e. The number of pyridine rings is 1. The van der Waals surface area contributed by atoms with E-state index in [0.29, 0.717) is 5.56 Å². The van der Waals surface area contributed by atoms with Crippen molar-refractivity contribution in [2.75, 3.05) is 0 Å². The van der Waals surface area contributed by atoms with Gasteiger partial charge in [-0.05, 0) is 11.6 Å². The van der Waals surface area contributed by atoms with Gasteiger partial charge in [0.2, 0.25) is 0 Å². The number of hydrogen-bond acceptors (Lipinski definition) is 1. The van der Waals surface area contributed by atoms with E-state index in [0.717, 1.165) is 6.08 Å². The summed E-state index contributed by atoms with van der Waals surface area (Å²) in [5.74, 6) is 0.213. The molecule has 0 amide bonds. The zero-order valence-electron chi connectivity index (χ0n) is 7.42. The topological polar surface area (TPSA) is 12.9 Å². The smallest absolute Gasteiger partial charge is 0.445 e. The van der Waals surface area contributed by atoms with Crippen LogP contribution < -0.4 is 51.4 Å². The minimum Gasteiger partial charge on any atom is -0.445 e. The molecule has 1 rings (SSSR count). The van der Waals surface area contributed by atoms with Crippen LogP contribution in [-0.2, 0) is 0 Å². The molecule has 0 atom stereocenters. The van der Waals surface area contributed by atoms with Crippen molar-refractivity contribution in [2.24, 2.45) is 0 Å². The predicted molar refractivity (Wildman–Crippen MR) is 47.4 cm³/mol. The maximum absolute atomic E-state index is 11.7. The van der Waals surface area contributed by atoms with E-state index < -0.39 is 6.98 Å². The second-order valence-electron chi connectivity index (χ2n) is 2.40. The third-order valence-corrected chi connectivity index (χ3v) is 1.48. The third kappa shape index (κ3) is 6.21. The fourth-order valence-corrected chi connectivity index (χ4v) is 0.818. The average Bonchev–Trinajstić information content (AvgIpc) is 2.02. The van der Waals surface area contributed by atoms with E-state index >= 15 is 0 Å². The molecular formula is C7H5BClF3KN. The quantitative estimate of drug-likeness (QED) is 0.533. The summed E-state index contributed by atoms with van der Waals surface area (Å²) in [5.41, 5.74) is 0.378. The first-order valence-electron chi connectivity index (χ1n) is 3.48. The van der Waals surface area contributed by atoms with Gasteiger partial charge < -0.3 is 12.9 Å². The molecule has 0 spiro atoms. The van der Waals surface area contributed by atoms with E-state index in [1.807, 2.05) is 0 Å². The van der Waals surface area contributed by atoms with E-state index in [1.165, 1.54) is 18.3 Å². The van der Waals surface area contributed by atoms with Gasteiger partial charge in [0.25, 0.3) is 0 Å². The molecule has 0 radical (unpaired) electrons. The molecule has 0 N–H and O–H groups in total. The first kappa shape index (κ1) is 14.7. The van der Waals surface area contributed by atoms with Gasteiger partial charge in [-0.1, -0.05) is 23.7 Å². The predicted octanol–water partition coefficient (Wildman–Crippen LogP) is 0.139. The van der Waals surface area contributed by atoms with Crippen LogP contribution in [0.1, 0.15) is 5.56 Å². The molecule has 1 heterocycles. The van der Waals surface area contributed by atoms with Gasteiger partial charge >= 0.3 is 58.4 Å². The molecule has 14 heavy (non-hydrogen) atoms. The summed E-state index contributed by atoms with van der Waals surface area (Å²) >= 11 is 5.45. The standard InChI is InChI=1S/C7H5BClF3N.K/c9-7-2-1-6(5-13-7)3-4-8(10,11)12;/h1-5H;/q-1;+1/b4-3+;. The molecule has 1 aromatic rings. The van der Waals surface area contributed by atoms with Crippen LogP contribution in [0.2, 0.25) is 5.15 Å². The molecule has 7 heteroatoms.